The molecule has 0 radical (unpaired) electrons. The summed E-state index contributed by atoms with van der Waals surface area (Å²) in [5.41, 5.74) is 3.06. The molecule has 0 spiro atoms. The standard InChI is InChI=1S/C24H17BrF2O/c1-14-11-23(28-2)19(16-8-5-6-10-21(16)26)12-18(14)24-17-9-4-3-7-15(17)20(25)13-22(24)27/h3-13H,1-2H3. The van der Waals surface area contributed by atoms with Gasteiger partial charge in [-0.25, -0.2) is 8.78 Å². The Morgan fingerprint density at radius 3 is 2.14 bits per heavy atom. The third-order valence-corrected chi connectivity index (χ3v) is 5.58. The van der Waals surface area contributed by atoms with Crippen LogP contribution in [0.3, 0.4) is 0 Å². The van der Waals surface area contributed by atoms with Crippen molar-refractivity contribution in [2.24, 2.45) is 0 Å². The number of benzene rings is 4. The maximum atomic E-state index is 15.1. The Balaban J connectivity index is 2.07. The van der Waals surface area contributed by atoms with Crippen LogP contribution in [0.1, 0.15) is 5.56 Å². The monoisotopic (exact) mass is 438 g/mol. The normalized spacial score (nSPS) is 11.0. The molecular weight excluding hydrogens is 422 g/mol. The molecule has 28 heavy (non-hydrogen) atoms. The summed E-state index contributed by atoms with van der Waals surface area (Å²) in [6.07, 6.45) is 0. The fraction of sp³-hybridized carbons (Fsp3) is 0.0833. The molecule has 0 fully saturated rings. The SMILES string of the molecule is COc1cc(C)c(-c2c(F)cc(Br)c3ccccc23)cc1-c1ccccc1F. The first-order valence-corrected chi connectivity index (χ1v) is 9.61. The van der Waals surface area contributed by atoms with Crippen molar-refractivity contribution in [1.29, 1.82) is 0 Å². The van der Waals surface area contributed by atoms with Crippen LogP contribution in [0.2, 0.25) is 0 Å². The smallest absolute Gasteiger partial charge is 0.132 e. The third kappa shape index (κ3) is 3.08. The molecule has 0 saturated carbocycles. The highest BCUT2D eigenvalue weighted by Crippen LogP contribution is 2.42. The van der Waals surface area contributed by atoms with E-state index < -0.39 is 0 Å². The van der Waals surface area contributed by atoms with E-state index in [4.69, 9.17) is 4.74 Å². The number of hydrogen-bond donors (Lipinski definition) is 0. The summed E-state index contributed by atoms with van der Waals surface area (Å²) in [7, 11) is 1.55. The second-order valence-electron chi connectivity index (χ2n) is 6.61. The Labute approximate surface area is 170 Å². The summed E-state index contributed by atoms with van der Waals surface area (Å²) >= 11 is 3.45. The zero-order chi connectivity index (χ0) is 19.8. The van der Waals surface area contributed by atoms with Crippen molar-refractivity contribution in [2.45, 2.75) is 6.92 Å². The summed E-state index contributed by atoms with van der Waals surface area (Å²) in [4.78, 5) is 0. The Kier molecular flexibility index (Phi) is 4.90. The van der Waals surface area contributed by atoms with Gasteiger partial charge in [-0.15, -0.1) is 0 Å². The van der Waals surface area contributed by atoms with E-state index in [2.05, 4.69) is 15.9 Å². The lowest BCUT2D eigenvalue weighted by Gasteiger charge is -2.17. The highest BCUT2D eigenvalue weighted by molar-refractivity contribution is 9.10. The maximum Gasteiger partial charge on any atom is 0.132 e. The summed E-state index contributed by atoms with van der Waals surface area (Å²) in [5, 5.41) is 1.71. The van der Waals surface area contributed by atoms with Crippen LogP contribution in [0.4, 0.5) is 8.78 Å². The van der Waals surface area contributed by atoms with Gasteiger partial charge in [0.05, 0.1) is 7.11 Å². The van der Waals surface area contributed by atoms with Crippen molar-refractivity contribution in [3.63, 3.8) is 0 Å². The molecule has 140 valence electrons. The minimum absolute atomic E-state index is 0.335. The molecule has 0 aliphatic rings. The minimum atomic E-state index is -0.350. The molecular formula is C24H17BrF2O. The van der Waals surface area contributed by atoms with Gasteiger partial charge in [-0.3, -0.25) is 0 Å². The lowest BCUT2D eigenvalue weighted by atomic mass is 9.91. The van der Waals surface area contributed by atoms with Crippen molar-refractivity contribution < 1.29 is 13.5 Å². The van der Waals surface area contributed by atoms with E-state index in [0.717, 1.165) is 16.3 Å². The van der Waals surface area contributed by atoms with E-state index in [1.807, 2.05) is 43.3 Å². The fourth-order valence-electron chi connectivity index (χ4n) is 3.58. The average Bonchev–Trinajstić information content (AvgIpc) is 2.69. The summed E-state index contributed by atoms with van der Waals surface area (Å²) < 4.78 is 35.8. The van der Waals surface area contributed by atoms with Crippen LogP contribution in [-0.4, -0.2) is 7.11 Å². The predicted molar refractivity (Wildman–Crippen MR) is 114 cm³/mol. The molecule has 0 saturated heterocycles. The van der Waals surface area contributed by atoms with Gasteiger partial charge in [0.2, 0.25) is 0 Å². The van der Waals surface area contributed by atoms with Crippen molar-refractivity contribution >= 4 is 26.7 Å². The minimum Gasteiger partial charge on any atom is -0.496 e. The van der Waals surface area contributed by atoms with Gasteiger partial charge in [0.25, 0.3) is 0 Å². The second kappa shape index (κ2) is 7.36. The highest BCUT2D eigenvalue weighted by Gasteiger charge is 2.19. The van der Waals surface area contributed by atoms with Crippen molar-refractivity contribution in [1.82, 2.24) is 0 Å². The molecule has 0 atom stereocenters. The number of methoxy groups -OCH3 is 1. The van der Waals surface area contributed by atoms with Gasteiger partial charge >= 0.3 is 0 Å². The number of ether oxygens (including phenoxy) is 1. The molecule has 1 nitrogen and oxygen atoms in total. The summed E-state index contributed by atoms with van der Waals surface area (Å²) in [6, 6.07) is 19.3. The van der Waals surface area contributed by atoms with Gasteiger partial charge in [0.15, 0.2) is 0 Å². The van der Waals surface area contributed by atoms with E-state index in [-0.39, 0.29) is 11.6 Å². The largest absolute Gasteiger partial charge is 0.496 e. The van der Waals surface area contributed by atoms with E-state index in [0.29, 0.717) is 32.5 Å². The van der Waals surface area contributed by atoms with E-state index in [1.165, 1.54) is 12.1 Å². The van der Waals surface area contributed by atoms with Crippen LogP contribution in [-0.2, 0) is 0 Å². The highest BCUT2D eigenvalue weighted by atomic mass is 79.9. The molecule has 0 unspecified atom stereocenters. The Morgan fingerprint density at radius 2 is 1.43 bits per heavy atom. The lowest BCUT2D eigenvalue weighted by Crippen LogP contribution is -1.96. The van der Waals surface area contributed by atoms with Crippen LogP contribution in [0.15, 0.2) is 71.2 Å². The zero-order valence-electron chi connectivity index (χ0n) is 15.4. The molecule has 0 N–H and O–H groups in total. The number of halogens is 3. The van der Waals surface area contributed by atoms with Crippen molar-refractivity contribution in [3.8, 4) is 28.0 Å². The number of fused-ring (bicyclic) bond motifs is 1. The first-order valence-electron chi connectivity index (χ1n) is 8.82. The average molecular weight is 439 g/mol. The molecule has 4 aromatic carbocycles. The molecule has 0 aliphatic carbocycles. The first kappa shape index (κ1) is 18.6. The fourth-order valence-corrected chi connectivity index (χ4v) is 4.13. The van der Waals surface area contributed by atoms with E-state index in [9.17, 15) is 4.39 Å². The van der Waals surface area contributed by atoms with Crippen LogP contribution in [0, 0.1) is 18.6 Å². The number of hydrogen-bond acceptors (Lipinski definition) is 1. The number of aryl methyl sites for hydroxylation is 1. The van der Waals surface area contributed by atoms with Crippen molar-refractivity contribution in [3.05, 3.63) is 88.4 Å². The molecule has 4 aromatic rings. The zero-order valence-corrected chi connectivity index (χ0v) is 17.0. The molecule has 0 bridgehead atoms. The topological polar surface area (TPSA) is 9.23 Å². The molecule has 0 amide bonds. The van der Waals surface area contributed by atoms with Gasteiger partial charge in [-0.05, 0) is 53.1 Å². The Morgan fingerprint density at radius 1 is 0.750 bits per heavy atom. The lowest BCUT2D eigenvalue weighted by molar-refractivity contribution is 0.416. The van der Waals surface area contributed by atoms with Crippen molar-refractivity contribution in [2.75, 3.05) is 7.11 Å². The van der Waals surface area contributed by atoms with Gasteiger partial charge in [0, 0.05) is 21.2 Å². The number of rotatable bonds is 3. The molecule has 0 heterocycles. The molecule has 0 aliphatic heterocycles. The Bertz CT molecular complexity index is 1200. The summed E-state index contributed by atoms with van der Waals surface area (Å²) in [6.45, 7) is 1.90. The quantitative estimate of drug-likeness (QED) is 0.321. The van der Waals surface area contributed by atoms with Crippen LogP contribution >= 0.6 is 15.9 Å². The summed E-state index contributed by atoms with van der Waals surface area (Å²) in [5.74, 6) is -0.136. The predicted octanol–water partition coefficient (Wildman–Crippen LogP) is 7.53. The van der Waals surface area contributed by atoms with Gasteiger partial charge < -0.3 is 4.74 Å². The first-order chi connectivity index (χ1) is 13.5. The van der Waals surface area contributed by atoms with E-state index in [1.54, 1.807) is 25.3 Å². The molecule has 4 heteroatoms. The third-order valence-electron chi connectivity index (χ3n) is 4.93. The van der Waals surface area contributed by atoms with Gasteiger partial charge in [-0.1, -0.05) is 58.4 Å². The van der Waals surface area contributed by atoms with Crippen LogP contribution in [0.5, 0.6) is 5.75 Å². The van der Waals surface area contributed by atoms with Gasteiger partial charge in [-0.2, -0.15) is 0 Å². The maximum absolute atomic E-state index is 15.1. The van der Waals surface area contributed by atoms with Gasteiger partial charge in [0.1, 0.15) is 17.4 Å². The molecule has 4 rings (SSSR count). The Hall–Kier alpha value is -2.72. The second-order valence-corrected chi connectivity index (χ2v) is 7.46. The van der Waals surface area contributed by atoms with Crippen LogP contribution in [0.25, 0.3) is 33.0 Å². The van der Waals surface area contributed by atoms with E-state index >= 15 is 4.39 Å². The molecule has 0 aromatic heterocycles. The van der Waals surface area contributed by atoms with Crippen LogP contribution < -0.4 is 4.74 Å².